The number of carbonyl (C=O) groups excluding carboxylic acids is 1. The van der Waals surface area contributed by atoms with Gasteiger partial charge in [-0.3, -0.25) is 0 Å². The number of nitrogens with zero attached hydrogens (tertiary/aromatic N) is 2. The fourth-order valence-electron chi connectivity index (χ4n) is 2.63. The molecule has 0 aromatic heterocycles. The summed E-state index contributed by atoms with van der Waals surface area (Å²) in [5.41, 5.74) is 2.21. The van der Waals surface area contributed by atoms with Gasteiger partial charge in [-0.1, -0.05) is 18.2 Å². The molecule has 0 spiro atoms. The summed E-state index contributed by atoms with van der Waals surface area (Å²) in [5.74, 6) is 0.897. The molecule has 0 aliphatic carbocycles. The lowest BCUT2D eigenvalue weighted by atomic mass is 10.1. The topological polar surface area (TPSA) is 41.9 Å². The lowest BCUT2D eigenvalue weighted by Crippen LogP contribution is -2.40. The van der Waals surface area contributed by atoms with Crippen molar-refractivity contribution >= 4 is 17.5 Å². The van der Waals surface area contributed by atoms with Crippen LogP contribution in [0.25, 0.3) is 0 Å². The summed E-state index contributed by atoms with van der Waals surface area (Å²) < 4.78 is 5.13. The van der Waals surface area contributed by atoms with Crippen molar-refractivity contribution in [3.63, 3.8) is 0 Å². The summed E-state index contributed by atoms with van der Waals surface area (Å²) >= 11 is 0. The molecule has 0 amide bonds. The van der Waals surface area contributed by atoms with E-state index in [1.165, 1.54) is 5.56 Å². The Hall–Kier alpha value is -1.84. The summed E-state index contributed by atoms with van der Waals surface area (Å²) in [6.45, 7) is 3.04. The average Bonchev–Trinajstić information content (AvgIpc) is 2.79. The first kappa shape index (κ1) is 11.3. The van der Waals surface area contributed by atoms with E-state index in [1.54, 1.807) is 0 Å². The number of ether oxygens (including phenoxy) is 1. The average molecular weight is 244 g/mol. The molecule has 0 N–H and O–H groups in total. The number of carbonyl (C=O) groups is 1. The molecule has 0 saturated carbocycles. The number of hydrogen-bond donors (Lipinski definition) is 0. The van der Waals surface area contributed by atoms with Crippen molar-refractivity contribution in [1.29, 1.82) is 0 Å². The Morgan fingerprint density at radius 3 is 3.17 bits per heavy atom. The van der Waals surface area contributed by atoms with E-state index in [0.717, 1.165) is 30.9 Å². The van der Waals surface area contributed by atoms with Crippen LogP contribution < -0.4 is 0 Å². The van der Waals surface area contributed by atoms with Gasteiger partial charge < -0.3 is 9.64 Å². The van der Waals surface area contributed by atoms with Crippen LogP contribution in [0.5, 0.6) is 0 Å². The minimum atomic E-state index is -0.156. The first-order valence-electron chi connectivity index (χ1n) is 6.38. The number of benzene rings is 1. The second-order valence-corrected chi connectivity index (χ2v) is 4.59. The number of aliphatic imine (C=N–C) groups is 1. The van der Waals surface area contributed by atoms with Gasteiger partial charge >= 0.3 is 5.97 Å². The molecule has 2 aliphatic heterocycles. The highest BCUT2D eigenvalue weighted by molar-refractivity contribution is 5.94. The zero-order valence-corrected chi connectivity index (χ0v) is 10.4. The van der Waals surface area contributed by atoms with Gasteiger partial charge in [-0.15, -0.1) is 0 Å². The Bertz CT molecular complexity index is 510. The van der Waals surface area contributed by atoms with Gasteiger partial charge in [0.05, 0.1) is 12.3 Å². The summed E-state index contributed by atoms with van der Waals surface area (Å²) in [5, 5.41) is 0. The van der Waals surface area contributed by atoms with Crippen molar-refractivity contribution in [3.05, 3.63) is 29.8 Å². The van der Waals surface area contributed by atoms with Gasteiger partial charge in [0.25, 0.3) is 0 Å². The smallest absolute Gasteiger partial charge is 0.328 e. The van der Waals surface area contributed by atoms with Crippen LogP contribution in [0.2, 0.25) is 0 Å². The highest BCUT2D eigenvalue weighted by atomic mass is 16.5. The fourth-order valence-corrected chi connectivity index (χ4v) is 2.63. The molecule has 4 nitrogen and oxygen atoms in total. The van der Waals surface area contributed by atoms with Crippen LogP contribution >= 0.6 is 0 Å². The number of fused-ring (bicyclic) bond motifs is 2. The highest BCUT2D eigenvalue weighted by Gasteiger charge is 2.37. The molecule has 94 valence electrons. The number of hydrogen-bond acceptors (Lipinski definition) is 4. The second kappa shape index (κ2) is 4.44. The molecule has 18 heavy (non-hydrogen) atoms. The van der Waals surface area contributed by atoms with Crippen LogP contribution in [0, 0.1) is 0 Å². The normalized spacial score (nSPS) is 21.1. The van der Waals surface area contributed by atoms with Crippen molar-refractivity contribution in [2.45, 2.75) is 32.4 Å². The molecule has 4 heteroatoms. The number of esters is 1. The van der Waals surface area contributed by atoms with Gasteiger partial charge in [0.2, 0.25) is 0 Å². The summed E-state index contributed by atoms with van der Waals surface area (Å²) in [6, 6.07) is 7.94. The van der Waals surface area contributed by atoms with E-state index >= 15 is 0 Å². The predicted molar refractivity (Wildman–Crippen MR) is 68.7 cm³/mol. The minimum Gasteiger partial charge on any atom is -0.464 e. The molecular formula is C14H16N2O2. The Morgan fingerprint density at radius 1 is 1.50 bits per heavy atom. The third kappa shape index (κ3) is 1.78. The molecule has 1 aromatic rings. The third-order valence-electron chi connectivity index (χ3n) is 3.49. The number of rotatable bonds is 2. The first-order chi connectivity index (χ1) is 8.79. The highest BCUT2D eigenvalue weighted by Crippen LogP contribution is 2.33. The monoisotopic (exact) mass is 244 g/mol. The van der Waals surface area contributed by atoms with Crippen LogP contribution in [-0.4, -0.2) is 29.4 Å². The third-order valence-corrected chi connectivity index (χ3v) is 3.49. The fraction of sp³-hybridized carbons (Fsp3) is 0.429. The van der Waals surface area contributed by atoms with Crippen LogP contribution in [0.4, 0.5) is 5.69 Å². The predicted octanol–water partition coefficient (Wildman–Crippen LogP) is 2.26. The standard InChI is InChI=1S/C14H16N2O2/c1-2-18-14(17)12-7-8-13-15-11-6-4-3-5-10(11)9-16(12)13/h3-6,12H,2,7-9H2,1H3/t12-/m0/s1. The second-order valence-electron chi connectivity index (χ2n) is 4.59. The lowest BCUT2D eigenvalue weighted by Gasteiger charge is -2.29. The Morgan fingerprint density at radius 2 is 2.33 bits per heavy atom. The zero-order valence-electron chi connectivity index (χ0n) is 10.4. The van der Waals surface area contributed by atoms with Gasteiger partial charge in [-0.2, -0.15) is 0 Å². The maximum Gasteiger partial charge on any atom is 0.328 e. The van der Waals surface area contributed by atoms with Gasteiger partial charge in [0.1, 0.15) is 11.9 Å². The SMILES string of the molecule is CCOC(=O)[C@@H]1CCC2=Nc3ccccc3CN21. The van der Waals surface area contributed by atoms with Gasteiger partial charge in [0, 0.05) is 13.0 Å². The van der Waals surface area contributed by atoms with E-state index in [1.807, 2.05) is 25.1 Å². The van der Waals surface area contributed by atoms with Crippen LogP contribution in [0.1, 0.15) is 25.3 Å². The Kier molecular flexibility index (Phi) is 2.78. The molecule has 0 unspecified atom stereocenters. The van der Waals surface area contributed by atoms with E-state index in [-0.39, 0.29) is 12.0 Å². The molecule has 1 saturated heterocycles. The van der Waals surface area contributed by atoms with Crippen molar-refractivity contribution in [1.82, 2.24) is 4.90 Å². The molecule has 2 aliphatic rings. The van der Waals surface area contributed by atoms with E-state index in [0.29, 0.717) is 6.61 Å². The van der Waals surface area contributed by atoms with E-state index < -0.39 is 0 Å². The molecule has 0 radical (unpaired) electrons. The Balaban J connectivity index is 1.87. The van der Waals surface area contributed by atoms with Crippen LogP contribution in [0.15, 0.2) is 29.3 Å². The lowest BCUT2D eigenvalue weighted by molar-refractivity contribution is -0.147. The van der Waals surface area contributed by atoms with E-state index in [2.05, 4.69) is 16.0 Å². The maximum atomic E-state index is 11.9. The summed E-state index contributed by atoms with van der Waals surface area (Å²) in [4.78, 5) is 18.6. The minimum absolute atomic E-state index is 0.123. The van der Waals surface area contributed by atoms with Crippen molar-refractivity contribution in [2.24, 2.45) is 4.99 Å². The molecular weight excluding hydrogens is 228 g/mol. The number of para-hydroxylation sites is 1. The van der Waals surface area contributed by atoms with Gasteiger partial charge in [0.15, 0.2) is 0 Å². The number of amidine groups is 1. The van der Waals surface area contributed by atoms with Gasteiger partial charge in [-0.25, -0.2) is 9.79 Å². The van der Waals surface area contributed by atoms with Crippen molar-refractivity contribution in [3.8, 4) is 0 Å². The quantitative estimate of drug-likeness (QED) is 0.749. The van der Waals surface area contributed by atoms with Crippen LogP contribution in [0.3, 0.4) is 0 Å². The molecule has 3 rings (SSSR count). The zero-order chi connectivity index (χ0) is 12.5. The largest absolute Gasteiger partial charge is 0.464 e. The van der Waals surface area contributed by atoms with Gasteiger partial charge in [-0.05, 0) is 25.0 Å². The molecule has 1 fully saturated rings. The maximum absolute atomic E-state index is 11.9. The molecule has 1 aromatic carbocycles. The van der Waals surface area contributed by atoms with Crippen molar-refractivity contribution < 1.29 is 9.53 Å². The van der Waals surface area contributed by atoms with E-state index in [4.69, 9.17) is 4.74 Å². The molecule has 2 heterocycles. The van der Waals surface area contributed by atoms with Crippen molar-refractivity contribution in [2.75, 3.05) is 6.61 Å². The Labute approximate surface area is 106 Å². The molecule has 0 bridgehead atoms. The summed E-state index contributed by atoms with van der Waals surface area (Å²) in [6.07, 6.45) is 1.67. The first-order valence-corrected chi connectivity index (χ1v) is 6.38. The van der Waals surface area contributed by atoms with E-state index in [9.17, 15) is 4.79 Å². The summed E-state index contributed by atoms with van der Waals surface area (Å²) in [7, 11) is 0. The van der Waals surface area contributed by atoms with Crippen LogP contribution in [-0.2, 0) is 16.1 Å². The molecule has 1 atom stereocenters.